The number of hydrogen-bond donors (Lipinski definition) is 1. The van der Waals surface area contributed by atoms with Crippen LogP contribution in [0.25, 0.3) is 22.5 Å². The van der Waals surface area contributed by atoms with Gasteiger partial charge in [-0.05, 0) is 36.5 Å². The van der Waals surface area contributed by atoms with Crippen LogP contribution < -0.4 is 10.1 Å². The summed E-state index contributed by atoms with van der Waals surface area (Å²) in [5.41, 5.74) is 3.68. The Morgan fingerprint density at radius 1 is 1.15 bits per heavy atom. The zero-order valence-corrected chi connectivity index (χ0v) is 21.5. The van der Waals surface area contributed by atoms with Gasteiger partial charge in [-0.15, -0.1) is 5.11 Å². The lowest BCUT2D eigenvalue weighted by Gasteiger charge is -2.43. The molecule has 0 saturated carbocycles. The Balaban J connectivity index is 1.83. The molecule has 1 N–H and O–H groups in total. The molecule has 0 saturated heterocycles. The van der Waals surface area contributed by atoms with Gasteiger partial charge in [0.2, 0.25) is 5.91 Å². The number of halogens is 1. The van der Waals surface area contributed by atoms with Crippen LogP contribution in [0.1, 0.15) is 36.8 Å². The molecule has 15 heteroatoms. The molecule has 39 heavy (non-hydrogen) atoms. The highest BCUT2D eigenvalue weighted by molar-refractivity contribution is 6.66. The average Bonchev–Trinajstić information content (AvgIpc) is 3.42. The fourth-order valence-electron chi connectivity index (χ4n) is 4.50. The highest BCUT2D eigenvalue weighted by Gasteiger charge is 2.36. The summed E-state index contributed by atoms with van der Waals surface area (Å²) in [6.07, 6.45) is 2.54. The maximum atomic E-state index is 14.5. The van der Waals surface area contributed by atoms with Crippen LogP contribution in [0.2, 0.25) is 5.11 Å². The smallest absolute Gasteiger partial charge is 0.222 e. The minimum atomic E-state index is -2.07. The second-order valence-electron chi connectivity index (χ2n) is 9.59. The van der Waals surface area contributed by atoms with Crippen LogP contribution in [0.5, 0.6) is 5.75 Å². The SMILES string of the molecule is [B]C([B])([B])C([B])([B])n1ncc2c1-c1cnc(NC(C)=O)c(c1)O[C@H](C)c1cc(F)ccc1-c1nn(C)nc1C2. The van der Waals surface area contributed by atoms with Crippen molar-refractivity contribution in [1.82, 2.24) is 29.8 Å². The van der Waals surface area contributed by atoms with Crippen molar-refractivity contribution >= 4 is 51.0 Å². The summed E-state index contributed by atoms with van der Waals surface area (Å²) >= 11 is 0. The Bertz CT molecular complexity index is 1600. The average molecular weight is 511 g/mol. The first-order valence-electron chi connectivity index (χ1n) is 11.9. The summed E-state index contributed by atoms with van der Waals surface area (Å²) in [7, 11) is 32.1. The van der Waals surface area contributed by atoms with E-state index in [0.717, 1.165) is 0 Å². The third-order valence-electron chi connectivity index (χ3n) is 6.46. The van der Waals surface area contributed by atoms with E-state index >= 15 is 0 Å². The Hall–Kier alpha value is -3.76. The normalized spacial score (nSPS) is 15.1. The Labute approximate surface area is 231 Å². The zero-order valence-electron chi connectivity index (χ0n) is 21.5. The topological polar surface area (TPSA) is 99.8 Å². The molecule has 1 aliphatic rings. The number of carbonyl (C=O) groups is 1. The number of aryl methyl sites for hydroxylation is 1. The summed E-state index contributed by atoms with van der Waals surface area (Å²) in [5, 5.41) is 12.0. The van der Waals surface area contributed by atoms with Gasteiger partial charge in [0.05, 0.1) is 56.8 Å². The number of carbonyl (C=O) groups excluding carboxylic acids is 1. The molecule has 0 aliphatic carbocycles. The number of fused-ring (bicyclic) bond motifs is 7. The minimum Gasteiger partial charge on any atom is -0.482 e. The molecule has 4 aromatic rings. The molecule has 0 spiro atoms. The molecule has 2 bridgehead atoms. The van der Waals surface area contributed by atoms with Gasteiger partial charge in [-0.2, -0.15) is 20.1 Å². The van der Waals surface area contributed by atoms with Gasteiger partial charge in [-0.25, -0.2) is 9.37 Å². The number of aromatic nitrogens is 6. The van der Waals surface area contributed by atoms with Crippen molar-refractivity contribution in [3.63, 3.8) is 0 Å². The molecule has 4 heterocycles. The van der Waals surface area contributed by atoms with Crippen molar-refractivity contribution in [3.8, 4) is 28.3 Å². The molecule has 3 aromatic heterocycles. The summed E-state index contributed by atoms with van der Waals surface area (Å²) in [5.74, 6) is -0.464. The van der Waals surface area contributed by atoms with E-state index in [-0.39, 0.29) is 23.9 Å². The molecule has 1 aromatic carbocycles. The number of nitrogens with one attached hydrogen (secondary N) is 1. The number of hydrogen-bond acceptors (Lipinski definition) is 6. The van der Waals surface area contributed by atoms with Gasteiger partial charge in [0.1, 0.15) is 17.6 Å². The van der Waals surface area contributed by atoms with E-state index in [1.807, 2.05) is 0 Å². The molecular weight excluding hydrogens is 491 g/mol. The Morgan fingerprint density at radius 2 is 1.90 bits per heavy atom. The lowest BCUT2D eigenvalue weighted by molar-refractivity contribution is -0.114. The van der Waals surface area contributed by atoms with Crippen LogP contribution in [0.15, 0.2) is 36.7 Å². The minimum absolute atomic E-state index is 0.151. The predicted molar refractivity (Wildman–Crippen MR) is 147 cm³/mol. The lowest BCUT2D eigenvalue weighted by Crippen LogP contribution is -2.49. The summed E-state index contributed by atoms with van der Waals surface area (Å²) in [6, 6.07) is 5.97. The Morgan fingerprint density at radius 3 is 2.59 bits per heavy atom. The molecular formula is C24H19B5FN7O2. The first-order valence-corrected chi connectivity index (χ1v) is 11.9. The van der Waals surface area contributed by atoms with E-state index in [1.165, 1.54) is 40.9 Å². The molecule has 9 nitrogen and oxygen atoms in total. The second-order valence-corrected chi connectivity index (χ2v) is 9.59. The number of ether oxygens (including phenoxy) is 1. The van der Waals surface area contributed by atoms with Crippen LogP contribution in [0.3, 0.4) is 0 Å². The highest BCUT2D eigenvalue weighted by atomic mass is 19.1. The molecule has 5 rings (SSSR count). The zero-order chi connectivity index (χ0) is 28.3. The van der Waals surface area contributed by atoms with Gasteiger partial charge in [0.15, 0.2) is 11.6 Å². The molecule has 0 unspecified atom stereocenters. The van der Waals surface area contributed by atoms with Crippen LogP contribution >= 0.6 is 0 Å². The number of nitrogens with zero attached hydrogens (tertiary/aromatic N) is 6. The predicted octanol–water partition coefficient (Wildman–Crippen LogP) is 1.41. The van der Waals surface area contributed by atoms with Crippen molar-refractivity contribution in [2.75, 3.05) is 5.32 Å². The fourth-order valence-corrected chi connectivity index (χ4v) is 4.50. The monoisotopic (exact) mass is 511 g/mol. The van der Waals surface area contributed by atoms with Crippen molar-refractivity contribution in [2.45, 2.75) is 36.8 Å². The third kappa shape index (κ3) is 4.79. The van der Waals surface area contributed by atoms with E-state index in [1.54, 1.807) is 26.1 Å². The van der Waals surface area contributed by atoms with Crippen molar-refractivity contribution in [2.24, 2.45) is 7.05 Å². The van der Waals surface area contributed by atoms with Crippen LogP contribution in [0.4, 0.5) is 10.2 Å². The number of benzene rings is 1. The molecule has 0 fully saturated rings. The molecule has 1 atom stereocenters. The third-order valence-corrected chi connectivity index (χ3v) is 6.46. The van der Waals surface area contributed by atoms with Gasteiger partial charge < -0.3 is 10.1 Å². The summed E-state index contributed by atoms with van der Waals surface area (Å²) in [4.78, 5) is 17.7. The number of rotatable bonds is 3. The standard InChI is InChI=1S/C24H19B5FN7O2/c1-11-17-8-15(30)4-5-16(17)20-18(34-36(3)35-20)6-13-10-32-37(24(28,29)23(25,26)27)21(13)14-7-19(39-11)22(31-9-14)33-12(2)38/h4-5,7-11H,6H2,1-3H3,(H,31,33,38)/t11-/m1/s1. The number of anilines is 1. The summed E-state index contributed by atoms with van der Waals surface area (Å²) < 4.78 is 22.0. The molecule has 1 amide bonds. The Kier molecular flexibility index (Phi) is 6.51. The first-order chi connectivity index (χ1) is 18.3. The molecule has 10 radical (unpaired) electrons. The maximum Gasteiger partial charge on any atom is 0.222 e. The van der Waals surface area contributed by atoms with E-state index in [9.17, 15) is 9.18 Å². The van der Waals surface area contributed by atoms with Gasteiger partial charge in [0, 0.05) is 48.8 Å². The van der Waals surface area contributed by atoms with Gasteiger partial charge in [-0.1, -0.05) is 0 Å². The highest BCUT2D eigenvalue weighted by Crippen LogP contribution is 2.41. The largest absolute Gasteiger partial charge is 0.482 e. The summed E-state index contributed by atoms with van der Waals surface area (Å²) in [6.45, 7) is 3.09. The van der Waals surface area contributed by atoms with E-state index in [4.69, 9.17) is 44.0 Å². The van der Waals surface area contributed by atoms with Gasteiger partial charge in [0.25, 0.3) is 0 Å². The van der Waals surface area contributed by atoms with E-state index < -0.39 is 22.4 Å². The van der Waals surface area contributed by atoms with E-state index in [0.29, 0.717) is 39.3 Å². The number of pyridine rings is 1. The van der Waals surface area contributed by atoms with Crippen molar-refractivity contribution in [3.05, 3.63) is 59.3 Å². The maximum absolute atomic E-state index is 14.5. The second kappa shape index (κ2) is 9.46. The quantitative estimate of drug-likeness (QED) is 0.419. The lowest BCUT2D eigenvalue weighted by atomic mass is 9.26. The van der Waals surface area contributed by atoms with Gasteiger partial charge in [-0.3, -0.25) is 9.48 Å². The fraction of sp³-hybridized carbons (Fsp3) is 0.292. The van der Waals surface area contributed by atoms with Crippen LogP contribution in [-0.4, -0.2) is 74.9 Å². The molecule has 184 valence electrons. The number of amides is 1. The molecule has 1 aliphatic heterocycles. The first kappa shape index (κ1) is 26.8. The van der Waals surface area contributed by atoms with E-state index in [2.05, 4.69) is 25.6 Å². The van der Waals surface area contributed by atoms with Crippen LogP contribution in [0, 0.1) is 5.82 Å². The van der Waals surface area contributed by atoms with Crippen molar-refractivity contribution in [1.29, 1.82) is 0 Å². The van der Waals surface area contributed by atoms with Crippen LogP contribution in [-0.2, 0) is 23.6 Å². The van der Waals surface area contributed by atoms with Crippen molar-refractivity contribution < 1.29 is 13.9 Å². The van der Waals surface area contributed by atoms with Gasteiger partial charge >= 0.3 is 0 Å².